The summed E-state index contributed by atoms with van der Waals surface area (Å²) in [7, 11) is -8.94. The predicted octanol–water partition coefficient (Wildman–Crippen LogP) is 0.120. The quantitative estimate of drug-likeness (QED) is 0.153. The van der Waals surface area contributed by atoms with E-state index in [0.717, 1.165) is 0 Å². The van der Waals surface area contributed by atoms with Crippen LogP contribution >= 0.6 is 11.3 Å². The summed E-state index contributed by atoms with van der Waals surface area (Å²) in [4.78, 5) is 14.3. The van der Waals surface area contributed by atoms with E-state index in [-0.39, 0.29) is 22.6 Å². The average molecular weight is 591 g/mol. The van der Waals surface area contributed by atoms with Crippen molar-refractivity contribution >= 4 is 48.1 Å². The lowest BCUT2D eigenvalue weighted by molar-refractivity contribution is 0.0996. The summed E-state index contributed by atoms with van der Waals surface area (Å²) < 4.78 is 55.1. The van der Waals surface area contributed by atoms with E-state index in [0.29, 0.717) is 35.9 Å². The predicted molar refractivity (Wildman–Crippen MR) is 142 cm³/mol. The van der Waals surface area contributed by atoms with E-state index in [9.17, 15) is 21.6 Å². The van der Waals surface area contributed by atoms with Crippen molar-refractivity contribution in [3.63, 3.8) is 0 Å². The van der Waals surface area contributed by atoms with Crippen molar-refractivity contribution in [3.8, 4) is 22.5 Å². The molecule has 15 nitrogen and oxygen atoms in total. The highest BCUT2D eigenvalue weighted by Crippen LogP contribution is 2.39. The number of hydrogen-bond acceptors (Lipinski definition) is 12. The molecule has 1 atom stereocenters. The number of amides is 1. The van der Waals surface area contributed by atoms with Crippen molar-refractivity contribution in [3.05, 3.63) is 47.5 Å². The van der Waals surface area contributed by atoms with E-state index in [4.69, 9.17) is 10.9 Å². The molecule has 1 fully saturated rings. The number of primary amides is 1. The van der Waals surface area contributed by atoms with Crippen LogP contribution < -0.4 is 26.2 Å². The topological polar surface area (TPSA) is 241 Å². The minimum absolute atomic E-state index is 0.106. The zero-order valence-corrected chi connectivity index (χ0v) is 22.4. The van der Waals surface area contributed by atoms with Crippen molar-refractivity contribution < 1.29 is 21.6 Å². The van der Waals surface area contributed by atoms with Crippen molar-refractivity contribution in [1.29, 1.82) is 0 Å². The number of thiazole rings is 1. The molecule has 0 spiro atoms. The standard InChI is InChI=1S/C21H22N10O5S3/c22-19(32)15-10-37-21(26-15)25-12-3-1-2-11(8-12)14-4-5-16(39(35,36)29-13-6-7-24-9-13)18(38(23,33)34)17(14)20-27-30-31-28-20/h1-5,8,10,13,24,29H,6-7,9H2,(H2,22,32)(H,25,26)(H2,23,33,34)(H,27,28,30,31). The second kappa shape index (κ2) is 10.4. The Morgan fingerprint density at radius 3 is 2.62 bits per heavy atom. The van der Waals surface area contributed by atoms with Gasteiger partial charge in [-0.05, 0) is 47.5 Å². The maximum atomic E-state index is 13.4. The number of H-pyrrole nitrogens is 1. The first kappa shape index (κ1) is 26.8. The summed E-state index contributed by atoms with van der Waals surface area (Å²) >= 11 is 1.17. The van der Waals surface area contributed by atoms with Gasteiger partial charge < -0.3 is 16.4 Å². The second-order valence-corrected chi connectivity index (χ2v) is 12.6. The van der Waals surface area contributed by atoms with E-state index in [1.165, 1.54) is 28.8 Å². The van der Waals surface area contributed by atoms with Crippen LogP contribution in [0.5, 0.6) is 0 Å². The molecular weight excluding hydrogens is 568 g/mol. The molecule has 1 amide bonds. The van der Waals surface area contributed by atoms with Gasteiger partial charge in [-0.2, -0.15) is 5.21 Å². The van der Waals surface area contributed by atoms with Crippen molar-refractivity contribution in [1.82, 2.24) is 35.6 Å². The first-order chi connectivity index (χ1) is 18.5. The van der Waals surface area contributed by atoms with Crippen LogP contribution in [0, 0.1) is 0 Å². The van der Waals surface area contributed by atoms with Gasteiger partial charge in [0.05, 0.1) is 5.56 Å². The van der Waals surface area contributed by atoms with Gasteiger partial charge in [0.25, 0.3) is 5.91 Å². The molecule has 0 saturated carbocycles. The minimum atomic E-state index is -4.63. The Labute approximate surface area is 226 Å². The Kier molecular flexibility index (Phi) is 7.14. The van der Waals surface area contributed by atoms with Crippen LogP contribution in [0.1, 0.15) is 16.9 Å². The molecule has 1 saturated heterocycles. The van der Waals surface area contributed by atoms with Crippen LogP contribution in [0.2, 0.25) is 0 Å². The summed E-state index contributed by atoms with van der Waals surface area (Å²) in [5.41, 5.74) is 6.54. The number of hydrogen-bond donors (Lipinski definition) is 6. The molecular formula is C21H22N10O5S3. The van der Waals surface area contributed by atoms with Gasteiger partial charge in [0.15, 0.2) is 5.13 Å². The lowest BCUT2D eigenvalue weighted by atomic mass is 9.98. The Morgan fingerprint density at radius 1 is 1.15 bits per heavy atom. The molecule has 39 heavy (non-hydrogen) atoms. The molecule has 1 aliphatic heterocycles. The largest absolute Gasteiger partial charge is 0.364 e. The van der Waals surface area contributed by atoms with Crippen molar-refractivity contribution in [2.75, 3.05) is 18.4 Å². The van der Waals surface area contributed by atoms with E-state index < -0.39 is 41.8 Å². The van der Waals surface area contributed by atoms with Crippen LogP contribution in [-0.4, -0.2) is 67.5 Å². The number of carbonyl (C=O) groups excluding carboxylic acids is 1. The third kappa shape index (κ3) is 5.65. The van der Waals surface area contributed by atoms with Crippen LogP contribution in [0.25, 0.3) is 22.5 Å². The number of anilines is 2. The molecule has 204 valence electrons. The highest BCUT2D eigenvalue weighted by Gasteiger charge is 2.33. The fraction of sp³-hybridized carbons (Fsp3) is 0.190. The minimum Gasteiger partial charge on any atom is -0.364 e. The number of carbonyl (C=O) groups is 1. The number of benzene rings is 2. The molecule has 5 rings (SSSR count). The number of tetrazole rings is 1. The van der Waals surface area contributed by atoms with Crippen LogP contribution in [0.15, 0.2) is 51.6 Å². The first-order valence-corrected chi connectivity index (χ1v) is 15.2. The molecule has 0 aliphatic carbocycles. The zero-order valence-electron chi connectivity index (χ0n) is 19.9. The molecule has 0 radical (unpaired) electrons. The van der Waals surface area contributed by atoms with E-state index in [1.54, 1.807) is 24.3 Å². The van der Waals surface area contributed by atoms with Crippen LogP contribution in [-0.2, 0) is 20.0 Å². The fourth-order valence-corrected chi connectivity index (χ4v) is 7.75. The first-order valence-electron chi connectivity index (χ1n) is 11.3. The zero-order chi connectivity index (χ0) is 27.8. The third-order valence-corrected chi connectivity index (χ3v) is 9.27. The number of rotatable bonds is 9. The molecule has 2 aromatic carbocycles. The Hall–Kier alpha value is -3.81. The second-order valence-electron chi connectivity index (χ2n) is 8.51. The van der Waals surface area contributed by atoms with Crippen molar-refractivity contribution in [2.45, 2.75) is 22.3 Å². The maximum Gasteiger partial charge on any atom is 0.268 e. The van der Waals surface area contributed by atoms with E-state index >= 15 is 0 Å². The van der Waals surface area contributed by atoms with Crippen LogP contribution in [0.3, 0.4) is 0 Å². The monoisotopic (exact) mass is 590 g/mol. The van der Waals surface area contributed by atoms with Gasteiger partial charge >= 0.3 is 0 Å². The Morgan fingerprint density at radius 2 is 1.97 bits per heavy atom. The number of nitrogens with two attached hydrogens (primary N) is 2. The lowest BCUT2D eigenvalue weighted by Crippen LogP contribution is -2.37. The summed E-state index contributed by atoms with van der Waals surface area (Å²) in [6, 6.07) is 9.00. The third-order valence-electron chi connectivity index (χ3n) is 5.83. The molecule has 2 aromatic heterocycles. The van der Waals surface area contributed by atoms with Crippen LogP contribution in [0.4, 0.5) is 10.8 Å². The van der Waals surface area contributed by atoms with E-state index in [2.05, 4.69) is 41.0 Å². The lowest BCUT2D eigenvalue weighted by Gasteiger charge is -2.18. The molecule has 8 N–H and O–H groups in total. The molecule has 18 heteroatoms. The average Bonchev–Trinajstić information content (AvgIpc) is 3.66. The number of primary sulfonamides is 1. The normalized spacial score (nSPS) is 15.9. The molecule has 4 aromatic rings. The Balaban J connectivity index is 1.65. The molecule has 0 bridgehead atoms. The Bertz CT molecular complexity index is 1750. The molecule has 3 heterocycles. The summed E-state index contributed by atoms with van der Waals surface area (Å²) in [5.74, 6) is -0.833. The number of nitrogens with one attached hydrogen (secondary N) is 4. The van der Waals surface area contributed by atoms with Gasteiger partial charge in [0, 0.05) is 23.7 Å². The SMILES string of the molecule is NC(=O)c1csc(Nc2cccc(-c3ccc(S(=O)(=O)NC4CCNC4)c(S(N)(=O)=O)c3-c3nn[nH]n3)c2)n1. The van der Waals surface area contributed by atoms with Gasteiger partial charge in [-0.3, -0.25) is 4.79 Å². The van der Waals surface area contributed by atoms with Gasteiger partial charge in [-0.25, -0.2) is 31.7 Å². The molecule has 1 unspecified atom stereocenters. The fourth-order valence-electron chi connectivity index (χ4n) is 4.16. The number of nitrogens with zero attached hydrogens (tertiary/aromatic N) is 4. The summed E-state index contributed by atoms with van der Waals surface area (Å²) in [6.07, 6.45) is 0.541. The van der Waals surface area contributed by atoms with Crippen molar-refractivity contribution in [2.24, 2.45) is 10.9 Å². The maximum absolute atomic E-state index is 13.4. The number of aromatic amines is 1. The van der Waals surface area contributed by atoms with E-state index in [1.807, 2.05) is 0 Å². The van der Waals surface area contributed by atoms with Gasteiger partial charge in [0.1, 0.15) is 15.5 Å². The highest BCUT2D eigenvalue weighted by molar-refractivity contribution is 7.92. The van der Waals surface area contributed by atoms with Gasteiger partial charge in [-0.1, -0.05) is 18.2 Å². The van der Waals surface area contributed by atoms with Gasteiger partial charge in [0.2, 0.25) is 25.9 Å². The van der Waals surface area contributed by atoms with Gasteiger partial charge in [-0.15, -0.1) is 21.5 Å². The summed E-state index contributed by atoms with van der Waals surface area (Å²) in [6.45, 7) is 1.02. The number of sulfonamides is 2. The smallest absolute Gasteiger partial charge is 0.268 e. The molecule has 1 aliphatic rings. The number of aromatic nitrogens is 5. The summed E-state index contributed by atoms with van der Waals surface area (Å²) in [5, 5.41) is 27.2. The highest BCUT2D eigenvalue weighted by atomic mass is 32.2.